The van der Waals surface area contributed by atoms with E-state index in [-0.39, 0.29) is 12.5 Å². The van der Waals surface area contributed by atoms with E-state index in [1.807, 2.05) is 31.4 Å². The van der Waals surface area contributed by atoms with Gasteiger partial charge in [-0.15, -0.1) is 0 Å². The highest BCUT2D eigenvalue weighted by Crippen LogP contribution is 2.25. The van der Waals surface area contributed by atoms with Crippen LogP contribution < -0.4 is 4.74 Å². The maximum atomic E-state index is 10.6. The molecule has 0 aliphatic heterocycles. The molecule has 0 fully saturated rings. The number of likely N-dealkylation sites (N-methyl/N-ethyl adjacent to an activating group) is 1. The number of carbonyl (C=O) groups is 1. The highest BCUT2D eigenvalue weighted by atomic mass is 16.5. The molecule has 0 saturated heterocycles. The highest BCUT2D eigenvalue weighted by molar-refractivity contribution is 5.84. The van der Waals surface area contributed by atoms with E-state index in [1.54, 1.807) is 7.11 Å². The summed E-state index contributed by atoms with van der Waals surface area (Å²) in [6.07, 6.45) is 3.05. The second kappa shape index (κ2) is 6.63. The van der Waals surface area contributed by atoms with Crippen molar-refractivity contribution in [3.05, 3.63) is 30.0 Å². The molecule has 0 amide bonds. The van der Waals surface area contributed by atoms with Crippen molar-refractivity contribution in [3.8, 4) is 5.75 Å². The van der Waals surface area contributed by atoms with Gasteiger partial charge in [0.2, 0.25) is 0 Å². The van der Waals surface area contributed by atoms with Crippen LogP contribution >= 0.6 is 0 Å². The fourth-order valence-electron chi connectivity index (χ4n) is 2.42. The summed E-state index contributed by atoms with van der Waals surface area (Å²) in [5, 5.41) is 9.91. The molecule has 114 valence electrons. The number of H-pyrrole nitrogens is 1. The second-order valence-corrected chi connectivity index (χ2v) is 5.40. The SMILES string of the molecule is COc1ccc2[nH]cc(CC(C)N(C)CCC(=O)O)c2c1. The Morgan fingerprint density at radius 1 is 1.48 bits per heavy atom. The third kappa shape index (κ3) is 3.76. The van der Waals surface area contributed by atoms with Gasteiger partial charge in [-0.3, -0.25) is 4.79 Å². The first kappa shape index (κ1) is 15.4. The van der Waals surface area contributed by atoms with E-state index in [4.69, 9.17) is 9.84 Å². The number of aliphatic carboxylic acids is 1. The Balaban J connectivity index is 2.09. The van der Waals surface area contributed by atoms with E-state index in [9.17, 15) is 4.79 Å². The molecule has 2 aromatic rings. The Bertz CT molecular complexity index is 621. The van der Waals surface area contributed by atoms with Crippen LogP contribution in [0, 0.1) is 0 Å². The maximum Gasteiger partial charge on any atom is 0.304 e. The molecule has 1 atom stereocenters. The number of hydrogen-bond donors (Lipinski definition) is 2. The van der Waals surface area contributed by atoms with Gasteiger partial charge in [0, 0.05) is 29.7 Å². The average Bonchev–Trinajstić information content (AvgIpc) is 2.86. The number of nitrogens with zero attached hydrogens (tertiary/aromatic N) is 1. The summed E-state index contributed by atoms with van der Waals surface area (Å²) in [4.78, 5) is 16.0. The van der Waals surface area contributed by atoms with Crippen molar-refractivity contribution < 1.29 is 14.6 Å². The van der Waals surface area contributed by atoms with E-state index < -0.39 is 5.97 Å². The monoisotopic (exact) mass is 290 g/mol. The zero-order valence-corrected chi connectivity index (χ0v) is 12.7. The van der Waals surface area contributed by atoms with Crippen LogP contribution in [0.5, 0.6) is 5.75 Å². The lowest BCUT2D eigenvalue weighted by Gasteiger charge is -2.23. The molecule has 0 aliphatic rings. The molecule has 0 spiro atoms. The fraction of sp³-hybridized carbons (Fsp3) is 0.438. The number of aromatic nitrogens is 1. The normalized spacial score (nSPS) is 12.8. The summed E-state index contributed by atoms with van der Waals surface area (Å²) < 4.78 is 5.27. The lowest BCUT2D eigenvalue weighted by molar-refractivity contribution is -0.137. The molecular weight excluding hydrogens is 268 g/mol. The number of nitrogens with one attached hydrogen (secondary N) is 1. The van der Waals surface area contributed by atoms with Crippen molar-refractivity contribution in [2.24, 2.45) is 0 Å². The fourth-order valence-corrected chi connectivity index (χ4v) is 2.42. The van der Waals surface area contributed by atoms with E-state index in [1.165, 1.54) is 5.56 Å². The minimum Gasteiger partial charge on any atom is -0.497 e. The molecule has 0 radical (unpaired) electrons. The molecule has 5 nitrogen and oxygen atoms in total. The standard InChI is InChI=1S/C16H22N2O3/c1-11(18(2)7-6-16(19)20)8-12-10-17-15-5-4-13(21-3)9-14(12)15/h4-5,9-11,17H,6-8H2,1-3H3,(H,19,20). The van der Waals surface area contributed by atoms with E-state index >= 15 is 0 Å². The summed E-state index contributed by atoms with van der Waals surface area (Å²) >= 11 is 0. The number of rotatable bonds is 7. The Kier molecular flexibility index (Phi) is 4.85. The smallest absolute Gasteiger partial charge is 0.304 e. The molecule has 1 unspecified atom stereocenters. The minimum atomic E-state index is -0.758. The molecule has 1 aromatic heterocycles. The zero-order chi connectivity index (χ0) is 15.4. The van der Waals surface area contributed by atoms with E-state index in [0.717, 1.165) is 23.1 Å². The quantitative estimate of drug-likeness (QED) is 0.822. The van der Waals surface area contributed by atoms with Crippen LogP contribution in [0.4, 0.5) is 0 Å². The van der Waals surface area contributed by atoms with Crippen LogP contribution in [0.2, 0.25) is 0 Å². The van der Waals surface area contributed by atoms with Crippen LogP contribution in [0.15, 0.2) is 24.4 Å². The van der Waals surface area contributed by atoms with Gasteiger partial charge in [0.15, 0.2) is 0 Å². The number of aromatic amines is 1. The minimum absolute atomic E-state index is 0.169. The van der Waals surface area contributed by atoms with Gasteiger partial charge in [-0.25, -0.2) is 0 Å². The number of carboxylic acids is 1. The third-order valence-electron chi connectivity index (χ3n) is 3.92. The molecule has 5 heteroatoms. The van der Waals surface area contributed by atoms with Crippen LogP contribution in [-0.4, -0.2) is 47.7 Å². The summed E-state index contributed by atoms with van der Waals surface area (Å²) in [7, 11) is 3.62. The van der Waals surface area contributed by atoms with Gasteiger partial charge in [-0.2, -0.15) is 0 Å². The maximum absolute atomic E-state index is 10.6. The Morgan fingerprint density at radius 2 is 2.24 bits per heavy atom. The zero-order valence-electron chi connectivity index (χ0n) is 12.7. The van der Waals surface area contributed by atoms with Gasteiger partial charge in [0.1, 0.15) is 5.75 Å². The number of benzene rings is 1. The van der Waals surface area contributed by atoms with E-state index in [0.29, 0.717) is 6.54 Å². The predicted octanol–water partition coefficient (Wildman–Crippen LogP) is 2.51. The molecule has 1 heterocycles. The molecule has 2 rings (SSSR count). The summed E-state index contributed by atoms with van der Waals surface area (Å²) in [5.74, 6) is 0.0844. The largest absolute Gasteiger partial charge is 0.497 e. The molecule has 2 N–H and O–H groups in total. The van der Waals surface area contributed by atoms with Gasteiger partial charge >= 0.3 is 5.97 Å². The molecule has 0 saturated carbocycles. The number of carboxylic acid groups (broad SMARTS) is 1. The second-order valence-electron chi connectivity index (χ2n) is 5.40. The van der Waals surface area contributed by atoms with Crippen molar-refractivity contribution in [1.29, 1.82) is 0 Å². The van der Waals surface area contributed by atoms with Gasteiger partial charge in [0.25, 0.3) is 0 Å². The first-order chi connectivity index (χ1) is 10.0. The lowest BCUT2D eigenvalue weighted by Crippen LogP contribution is -2.32. The van der Waals surface area contributed by atoms with Crippen LogP contribution in [0.1, 0.15) is 18.9 Å². The van der Waals surface area contributed by atoms with Crippen molar-refractivity contribution in [3.63, 3.8) is 0 Å². The van der Waals surface area contributed by atoms with Crippen LogP contribution in [0.25, 0.3) is 10.9 Å². The summed E-state index contributed by atoms with van der Waals surface area (Å²) in [6.45, 7) is 2.67. The van der Waals surface area contributed by atoms with Crippen LogP contribution in [-0.2, 0) is 11.2 Å². The molecular formula is C16H22N2O3. The van der Waals surface area contributed by atoms with Gasteiger partial charge in [-0.1, -0.05) is 0 Å². The predicted molar refractivity (Wildman–Crippen MR) is 82.9 cm³/mol. The molecule has 0 bridgehead atoms. The summed E-state index contributed by atoms with van der Waals surface area (Å²) in [6, 6.07) is 6.25. The summed E-state index contributed by atoms with van der Waals surface area (Å²) in [5.41, 5.74) is 2.31. The number of methoxy groups -OCH3 is 1. The third-order valence-corrected chi connectivity index (χ3v) is 3.92. The lowest BCUT2D eigenvalue weighted by atomic mass is 10.0. The molecule has 0 aliphatic carbocycles. The van der Waals surface area contributed by atoms with Crippen LogP contribution in [0.3, 0.4) is 0 Å². The Morgan fingerprint density at radius 3 is 2.90 bits per heavy atom. The van der Waals surface area contributed by atoms with Gasteiger partial charge in [0.05, 0.1) is 13.5 Å². The number of hydrogen-bond acceptors (Lipinski definition) is 3. The van der Waals surface area contributed by atoms with Crippen molar-refractivity contribution in [1.82, 2.24) is 9.88 Å². The Hall–Kier alpha value is -2.01. The number of ether oxygens (including phenoxy) is 1. The average molecular weight is 290 g/mol. The topological polar surface area (TPSA) is 65.6 Å². The first-order valence-corrected chi connectivity index (χ1v) is 7.07. The first-order valence-electron chi connectivity index (χ1n) is 7.07. The highest BCUT2D eigenvalue weighted by Gasteiger charge is 2.14. The Labute approximate surface area is 124 Å². The van der Waals surface area contributed by atoms with Crippen molar-refractivity contribution in [2.75, 3.05) is 20.7 Å². The van der Waals surface area contributed by atoms with Gasteiger partial charge < -0.3 is 19.7 Å². The number of fused-ring (bicyclic) bond motifs is 1. The van der Waals surface area contributed by atoms with Crippen molar-refractivity contribution >= 4 is 16.9 Å². The molecule has 1 aromatic carbocycles. The van der Waals surface area contributed by atoms with Gasteiger partial charge in [-0.05, 0) is 44.2 Å². The van der Waals surface area contributed by atoms with E-state index in [2.05, 4.69) is 16.8 Å². The van der Waals surface area contributed by atoms with Crippen molar-refractivity contribution in [2.45, 2.75) is 25.8 Å². The molecule has 21 heavy (non-hydrogen) atoms.